The van der Waals surface area contributed by atoms with E-state index in [-0.39, 0.29) is 23.7 Å². The number of aromatic nitrogens is 3. The maximum atomic E-state index is 11.9. The molecule has 2 heterocycles. The van der Waals surface area contributed by atoms with Crippen LogP contribution < -0.4 is 4.72 Å². The Morgan fingerprint density at radius 1 is 1.53 bits per heavy atom. The quantitative estimate of drug-likeness (QED) is 0.702. The van der Waals surface area contributed by atoms with Crippen LogP contribution in [-0.2, 0) is 23.2 Å². The minimum absolute atomic E-state index is 0.114. The summed E-state index contributed by atoms with van der Waals surface area (Å²) in [6, 6.07) is 0. The summed E-state index contributed by atoms with van der Waals surface area (Å²) in [5.41, 5.74) is 0.233. The molecule has 0 bridgehead atoms. The van der Waals surface area contributed by atoms with Crippen LogP contribution in [0.25, 0.3) is 0 Å². The summed E-state index contributed by atoms with van der Waals surface area (Å²) >= 11 is 1.36. The van der Waals surface area contributed by atoms with Gasteiger partial charge in [-0.25, -0.2) is 18.1 Å². The average molecular weight is 274 g/mol. The van der Waals surface area contributed by atoms with Crippen LogP contribution in [0.3, 0.4) is 0 Å². The highest BCUT2D eigenvalue weighted by molar-refractivity contribution is 7.89. The van der Waals surface area contributed by atoms with Crippen LogP contribution in [0.15, 0.2) is 22.8 Å². The third-order valence-corrected chi connectivity index (χ3v) is 4.21. The van der Waals surface area contributed by atoms with Crippen molar-refractivity contribution in [2.24, 2.45) is 0 Å². The zero-order valence-electron chi connectivity index (χ0n) is 8.62. The highest BCUT2D eigenvalue weighted by atomic mass is 32.2. The van der Waals surface area contributed by atoms with Crippen molar-refractivity contribution in [3.63, 3.8) is 0 Å². The molecule has 0 aliphatic carbocycles. The van der Waals surface area contributed by atoms with Crippen molar-refractivity contribution in [2.75, 3.05) is 0 Å². The first kappa shape index (κ1) is 12.2. The van der Waals surface area contributed by atoms with Crippen molar-refractivity contribution in [2.45, 2.75) is 18.2 Å². The van der Waals surface area contributed by atoms with Gasteiger partial charge in [0.1, 0.15) is 5.01 Å². The van der Waals surface area contributed by atoms with E-state index in [9.17, 15) is 8.42 Å². The normalized spacial score (nSPS) is 11.8. The maximum absolute atomic E-state index is 11.9. The number of nitrogens with one attached hydrogen (secondary N) is 2. The molecule has 0 amide bonds. The second-order valence-electron chi connectivity index (χ2n) is 3.13. The molecule has 0 aromatic carbocycles. The molecule has 92 valence electrons. The molecular weight excluding hydrogens is 264 g/mol. The molecule has 0 radical (unpaired) electrons. The molecule has 7 nitrogen and oxygen atoms in total. The number of thiazole rings is 1. The van der Waals surface area contributed by atoms with Gasteiger partial charge in [-0.1, -0.05) is 0 Å². The first-order valence-corrected chi connectivity index (χ1v) is 7.01. The summed E-state index contributed by atoms with van der Waals surface area (Å²) in [7, 11) is -3.70. The van der Waals surface area contributed by atoms with E-state index in [4.69, 9.17) is 5.11 Å². The lowest BCUT2D eigenvalue weighted by molar-refractivity contribution is 0.278. The summed E-state index contributed by atoms with van der Waals surface area (Å²) in [5, 5.41) is 17.2. The molecule has 0 saturated heterocycles. The molecule has 3 N–H and O–H groups in total. The van der Waals surface area contributed by atoms with Crippen molar-refractivity contribution in [3.8, 4) is 0 Å². The number of aliphatic hydroxyl groups excluding tert-OH is 1. The Hall–Kier alpha value is -1.29. The van der Waals surface area contributed by atoms with Gasteiger partial charge in [-0.05, 0) is 0 Å². The van der Waals surface area contributed by atoms with E-state index in [1.807, 2.05) is 0 Å². The summed E-state index contributed by atoms with van der Waals surface area (Å²) in [5.74, 6) is 0. The fourth-order valence-electron chi connectivity index (χ4n) is 1.21. The van der Waals surface area contributed by atoms with Crippen molar-refractivity contribution in [1.82, 2.24) is 19.9 Å². The van der Waals surface area contributed by atoms with Gasteiger partial charge in [0, 0.05) is 17.1 Å². The number of sulfonamides is 1. The van der Waals surface area contributed by atoms with Gasteiger partial charge in [0.2, 0.25) is 0 Å². The maximum Gasteiger partial charge on any atom is 0.258 e. The van der Waals surface area contributed by atoms with Gasteiger partial charge in [0.15, 0.2) is 5.03 Å². The molecule has 0 atom stereocenters. The molecule has 0 aliphatic heterocycles. The van der Waals surface area contributed by atoms with E-state index in [1.165, 1.54) is 17.5 Å². The summed E-state index contributed by atoms with van der Waals surface area (Å²) in [4.78, 5) is 3.96. The molecule has 0 fully saturated rings. The third-order valence-electron chi connectivity index (χ3n) is 2.01. The molecular formula is C8H10N4O3S2. The first-order valence-electron chi connectivity index (χ1n) is 4.64. The predicted octanol–water partition coefficient (Wildman–Crippen LogP) is -0.163. The van der Waals surface area contributed by atoms with Crippen LogP contribution >= 0.6 is 11.3 Å². The van der Waals surface area contributed by atoms with E-state index in [2.05, 4.69) is 19.9 Å². The second kappa shape index (κ2) is 4.92. The molecule has 0 aliphatic rings. The number of rotatable bonds is 5. The van der Waals surface area contributed by atoms with Gasteiger partial charge in [-0.3, -0.25) is 5.10 Å². The fraction of sp³-hybridized carbons (Fsp3) is 0.250. The molecule has 0 saturated carbocycles. The highest BCUT2D eigenvalue weighted by Crippen LogP contribution is 2.12. The lowest BCUT2D eigenvalue weighted by atomic mass is 10.4. The number of aromatic amines is 1. The Morgan fingerprint density at radius 2 is 2.35 bits per heavy atom. The molecule has 0 spiro atoms. The Balaban J connectivity index is 2.14. The van der Waals surface area contributed by atoms with E-state index in [0.717, 1.165) is 0 Å². The zero-order chi connectivity index (χ0) is 12.3. The van der Waals surface area contributed by atoms with Crippen LogP contribution in [0.4, 0.5) is 0 Å². The second-order valence-corrected chi connectivity index (χ2v) is 5.82. The molecule has 17 heavy (non-hydrogen) atoms. The monoisotopic (exact) mass is 274 g/mol. The summed E-state index contributed by atoms with van der Waals surface area (Å²) in [6.07, 6.45) is 2.88. The highest BCUT2D eigenvalue weighted by Gasteiger charge is 2.20. The van der Waals surface area contributed by atoms with Crippen molar-refractivity contribution < 1.29 is 13.5 Å². The van der Waals surface area contributed by atoms with Gasteiger partial charge >= 0.3 is 0 Å². The smallest absolute Gasteiger partial charge is 0.258 e. The lowest BCUT2D eigenvalue weighted by Gasteiger charge is -2.04. The van der Waals surface area contributed by atoms with Crippen molar-refractivity contribution in [3.05, 3.63) is 28.3 Å². The molecule has 9 heteroatoms. The SMILES string of the molecule is O=S(=O)(NCc1nccs1)c1[nH]ncc1CO. The lowest BCUT2D eigenvalue weighted by Crippen LogP contribution is -2.24. The van der Waals surface area contributed by atoms with E-state index in [0.29, 0.717) is 5.01 Å². The van der Waals surface area contributed by atoms with E-state index < -0.39 is 10.0 Å². The van der Waals surface area contributed by atoms with Gasteiger partial charge in [-0.2, -0.15) is 5.10 Å². The van der Waals surface area contributed by atoms with E-state index >= 15 is 0 Å². The van der Waals surface area contributed by atoms with Gasteiger partial charge in [-0.15, -0.1) is 11.3 Å². The number of H-pyrrole nitrogens is 1. The van der Waals surface area contributed by atoms with Gasteiger partial charge in [0.25, 0.3) is 10.0 Å². The van der Waals surface area contributed by atoms with E-state index in [1.54, 1.807) is 11.6 Å². The largest absolute Gasteiger partial charge is 0.392 e. The topological polar surface area (TPSA) is 108 Å². The number of hydrogen-bond donors (Lipinski definition) is 3. The van der Waals surface area contributed by atoms with Crippen molar-refractivity contribution >= 4 is 21.4 Å². The minimum atomic E-state index is -3.70. The molecule has 2 rings (SSSR count). The van der Waals surface area contributed by atoms with Crippen LogP contribution in [0, 0.1) is 0 Å². The Kier molecular flexibility index (Phi) is 3.52. The average Bonchev–Trinajstić information content (AvgIpc) is 2.97. The Morgan fingerprint density at radius 3 is 3.00 bits per heavy atom. The molecule has 2 aromatic heterocycles. The van der Waals surface area contributed by atoms with Crippen LogP contribution in [0.2, 0.25) is 0 Å². The van der Waals surface area contributed by atoms with Crippen LogP contribution in [-0.4, -0.2) is 28.7 Å². The Bertz CT molecular complexity index is 576. The van der Waals surface area contributed by atoms with Crippen LogP contribution in [0.5, 0.6) is 0 Å². The first-order chi connectivity index (χ1) is 8.13. The summed E-state index contributed by atoms with van der Waals surface area (Å²) < 4.78 is 26.1. The van der Waals surface area contributed by atoms with Crippen LogP contribution in [0.1, 0.15) is 10.6 Å². The summed E-state index contributed by atoms with van der Waals surface area (Å²) in [6.45, 7) is -0.270. The predicted molar refractivity (Wildman–Crippen MR) is 60.7 cm³/mol. The number of nitrogens with zero attached hydrogens (tertiary/aromatic N) is 2. The molecule has 2 aromatic rings. The van der Waals surface area contributed by atoms with Gasteiger partial charge < -0.3 is 5.11 Å². The van der Waals surface area contributed by atoms with Crippen molar-refractivity contribution in [1.29, 1.82) is 0 Å². The Labute approximate surface area is 102 Å². The zero-order valence-corrected chi connectivity index (χ0v) is 10.3. The fourth-order valence-corrected chi connectivity index (χ4v) is 2.97. The minimum Gasteiger partial charge on any atom is -0.392 e. The number of hydrogen-bond acceptors (Lipinski definition) is 6. The number of aliphatic hydroxyl groups is 1. The van der Waals surface area contributed by atoms with Gasteiger partial charge in [0.05, 0.1) is 19.3 Å². The molecule has 0 unspecified atom stereocenters. The third kappa shape index (κ3) is 2.69. The standard InChI is InChI=1S/C8H10N4O3S2/c13-5-6-3-10-12-8(6)17(14,15)11-4-7-9-1-2-16-7/h1-3,11,13H,4-5H2,(H,10,12).